The largest absolute Gasteiger partial charge is 0.296 e. The van der Waals surface area contributed by atoms with Crippen molar-refractivity contribution in [2.45, 2.75) is 30.7 Å². The number of aromatic nitrogens is 2. The number of piperidine rings is 1. The maximum Gasteiger partial charge on any atom is 0.261 e. The number of para-hydroxylation sites is 1. The molecule has 0 aliphatic carbocycles. The molecular weight excluding hydrogens is 400 g/mol. The monoisotopic (exact) mass is 419 g/mol. The number of sulfonamides is 1. The Labute approximate surface area is 166 Å². The van der Waals surface area contributed by atoms with Crippen LogP contribution in [0.1, 0.15) is 24.4 Å². The highest BCUT2D eigenvalue weighted by molar-refractivity contribution is 7.89. The van der Waals surface area contributed by atoms with E-state index in [-0.39, 0.29) is 24.7 Å². The topological polar surface area (TPSA) is 72.3 Å². The Hall–Kier alpha value is -2.65. The van der Waals surface area contributed by atoms with Crippen molar-refractivity contribution >= 4 is 20.9 Å². The molecule has 0 saturated carbocycles. The van der Waals surface area contributed by atoms with Gasteiger partial charge in [0.15, 0.2) is 0 Å². The SMILES string of the molecule is Cc1cccc2c(=O)n(C3CCN(S(=O)(=O)c4cc(F)cc(F)c4)CC3)cnc12. The molecule has 0 N–H and O–H groups in total. The number of fused-ring (bicyclic) bond motifs is 1. The third-order valence-electron chi connectivity index (χ3n) is 5.30. The molecule has 2 aromatic carbocycles. The maximum atomic E-state index is 13.4. The van der Waals surface area contributed by atoms with Crippen molar-refractivity contribution in [2.75, 3.05) is 13.1 Å². The lowest BCUT2D eigenvalue weighted by Gasteiger charge is -2.32. The molecule has 1 aromatic heterocycles. The van der Waals surface area contributed by atoms with Gasteiger partial charge < -0.3 is 0 Å². The number of hydrogen-bond donors (Lipinski definition) is 0. The van der Waals surface area contributed by atoms with Gasteiger partial charge in [-0.15, -0.1) is 0 Å². The lowest BCUT2D eigenvalue weighted by molar-refractivity contribution is 0.269. The van der Waals surface area contributed by atoms with E-state index in [2.05, 4.69) is 4.98 Å². The van der Waals surface area contributed by atoms with Crippen LogP contribution in [0.15, 0.2) is 52.4 Å². The molecule has 0 radical (unpaired) electrons. The molecule has 1 fully saturated rings. The van der Waals surface area contributed by atoms with Crippen LogP contribution in [0.5, 0.6) is 0 Å². The Balaban J connectivity index is 1.58. The highest BCUT2D eigenvalue weighted by Crippen LogP contribution is 2.27. The van der Waals surface area contributed by atoms with Gasteiger partial charge in [-0.05, 0) is 43.5 Å². The van der Waals surface area contributed by atoms with Crippen LogP contribution < -0.4 is 5.56 Å². The first-order chi connectivity index (χ1) is 13.8. The zero-order valence-corrected chi connectivity index (χ0v) is 16.5. The average molecular weight is 419 g/mol. The van der Waals surface area contributed by atoms with Crippen LogP contribution in [0.4, 0.5) is 8.78 Å². The van der Waals surface area contributed by atoms with Crippen LogP contribution in [-0.4, -0.2) is 35.4 Å². The zero-order chi connectivity index (χ0) is 20.8. The second-order valence-corrected chi connectivity index (χ2v) is 9.11. The van der Waals surface area contributed by atoms with Gasteiger partial charge in [0.1, 0.15) is 11.6 Å². The minimum atomic E-state index is -4.01. The van der Waals surface area contributed by atoms with Crippen molar-refractivity contribution in [3.8, 4) is 0 Å². The summed E-state index contributed by atoms with van der Waals surface area (Å²) in [6.45, 7) is 2.17. The summed E-state index contributed by atoms with van der Waals surface area (Å²) in [7, 11) is -4.01. The number of hydrogen-bond acceptors (Lipinski definition) is 4. The van der Waals surface area contributed by atoms with E-state index in [1.54, 1.807) is 16.7 Å². The van der Waals surface area contributed by atoms with Gasteiger partial charge in [0.2, 0.25) is 10.0 Å². The summed E-state index contributed by atoms with van der Waals surface area (Å²) in [6, 6.07) is 7.47. The van der Waals surface area contributed by atoms with Crippen molar-refractivity contribution in [2.24, 2.45) is 0 Å². The Bertz CT molecular complexity index is 1230. The van der Waals surface area contributed by atoms with Gasteiger partial charge in [-0.2, -0.15) is 4.31 Å². The van der Waals surface area contributed by atoms with Crippen molar-refractivity contribution in [1.29, 1.82) is 0 Å². The molecule has 0 atom stereocenters. The van der Waals surface area contributed by atoms with Crippen molar-refractivity contribution < 1.29 is 17.2 Å². The summed E-state index contributed by atoms with van der Waals surface area (Å²) in [5, 5.41) is 0.526. The zero-order valence-electron chi connectivity index (χ0n) is 15.7. The van der Waals surface area contributed by atoms with E-state index in [4.69, 9.17) is 0 Å². The molecule has 4 rings (SSSR count). The van der Waals surface area contributed by atoms with E-state index in [0.29, 0.717) is 29.8 Å². The molecule has 9 heteroatoms. The van der Waals surface area contributed by atoms with Gasteiger partial charge in [-0.25, -0.2) is 22.2 Å². The van der Waals surface area contributed by atoms with E-state index in [1.165, 1.54) is 10.6 Å². The van der Waals surface area contributed by atoms with E-state index < -0.39 is 26.6 Å². The van der Waals surface area contributed by atoms with Crippen LogP contribution in [0, 0.1) is 18.6 Å². The highest BCUT2D eigenvalue weighted by Gasteiger charge is 2.31. The first-order valence-corrected chi connectivity index (χ1v) is 10.6. The third kappa shape index (κ3) is 3.56. The first-order valence-electron chi connectivity index (χ1n) is 9.20. The lowest BCUT2D eigenvalue weighted by Crippen LogP contribution is -2.40. The molecule has 0 unspecified atom stereocenters. The number of rotatable bonds is 3. The summed E-state index contributed by atoms with van der Waals surface area (Å²) < 4.78 is 55.1. The molecule has 0 amide bonds. The summed E-state index contributed by atoms with van der Waals surface area (Å²) in [6.07, 6.45) is 2.31. The molecule has 1 aliphatic heterocycles. The minimum absolute atomic E-state index is 0.142. The molecule has 29 heavy (non-hydrogen) atoms. The summed E-state index contributed by atoms with van der Waals surface area (Å²) in [5.74, 6) is -1.88. The molecular formula is C20H19F2N3O3S. The van der Waals surface area contributed by atoms with Gasteiger partial charge in [0.25, 0.3) is 5.56 Å². The van der Waals surface area contributed by atoms with Crippen molar-refractivity contribution in [3.05, 3.63) is 70.3 Å². The van der Waals surface area contributed by atoms with Crippen LogP contribution in [0.3, 0.4) is 0 Å². The predicted octanol–water partition coefficient (Wildman–Crippen LogP) is 3.01. The smallest absolute Gasteiger partial charge is 0.261 e. The molecule has 1 aliphatic rings. The standard InChI is InChI=1S/C20H19F2N3O3S/c1-13-3-2-4-18-19(13)23-12-25(20(18)26)16-5-7-24(8-6-16)29(27,28)17-10-14(21)9-15(22)11-17/h2-4,9-12,16H,5-8H2,1H3. The summed E-state index contributed by atoms with van der Waals surface area (Å²) in [4.78, 5) is 16.9. The second-order valence-electron chi connectivity index (χ2n) is 7.17. The normalized spacial score (nSPS) is 16.4. The van der Waals surface area contributed by atoms with E-state index in [9.17, 15) is 22.0 Å². The van der Waals surface area contributed by atoms with Crippen molar-refractivity contribution in [3.63, 3.8) is 0 Å². The molecule has 0 spiro atoms. The quantitative estimate of drug-likeness (QED) is 0.654. The van der Waals surface area contributed by atoms with Crippen LogP contribution >= 0.6 is 0 Å². The fourth-order valence-electron chi connectivity index (χ4n) is 3.76. The Kier molecular flexibility index (Phi) is 4.95. The molecule has 152 valence electrons. The Morgan fingerprint density at radius 1 is 1.07 bits per heavy atom. The van der Waals surface area contributed by atoms with Gasteiger partial charge in [0, 0.05) is 25.2 Å². The fraction of sp³-hybridized carbons (Fsp3) is 0.300. The number of halogens is 2. The van der Waals surface area contributed by atoms with Gasteiger partial charge in [-0.1, -0.05) is 12.1 Å². The predicted molar refractivity (Wildman–Crippen MR) is 104 cm³/mol. The van der Waals surface area contributed by atoms with E-state index in [1.807, 2.05) is 13.0 Å². The van der Waals surface area contributed by atoms with Crippen molar-refractivity contribution in [1.82, 2.24) is 13.9 Å². The maximum absolute atomic E-state index is 13.4. The average Bonchev–Trinajstić information content (AvgIpc) is 2.68. The lowest BCUT2D eigenvalue weighted by atomic mass is 10.1. The third-order valence-corrected chi connectivity index (χ3v) is 7.18. The Morgan fingerprint density at radius 3 is 2.38 bits per heavy atom. The van der Waals surface area contributed by atoms with Gasteiger partial charge in [-0.3, -0.25) is 9.36 Å². The molecule has 1 saturated heterocycles. The van der Waals surface area contributed by atoms with E-state index >= 15 is 0 Å². The second kappa shape index (κ2) is 7.31. The highest BCUT2D eigenvalue weighted by atomic mass is 32.2. The van der Waals surface area contributed by atoms with Gasteiger partial charge in [0.05, 0.1) is 22.1 Å². The first kappa shape index (κ1) is 19.7. The van der Waals surface area contributed by atoms with Gasteiger partial charge >= 0.3 is 0 Å². The number of benzene rings is 2. The number of aryl methyl sites for hydroxylation is 1. The Morgan fingerprint density at radius 2 is 1.72 bits per heavy atom. The van der Waals surface area contributed by atoms with E-state index in [0.717, 1.165) is 17.7 Å². The van der Waals surface area contributed by atoms with Crippen LogP contribution in [0.2, 0.25) is 0 Å². The summed E-state index contributed by atoms with van der Waals surface area (Å²) >= 11 is 0. The van der Waals surface area contributed by atoms with Crippen LogP contribution in [-0.2, 0) is 10.0 Å². The summed E-state index contributed by atoms with van der Waals surface area (Å²) in [5.41, 5.74) is 1.41. The molecule has 0 bridgehead atoms. The fourth-order valence-corrected chi connectivity index (χ4v) is 5.27. The minimum Gasteiger partial charge on any atom is -0.296 e. The molecule has 3 aromatic rings. The molecule has 2 heterocycles. The molecule has 6 nitrogen and oxygen atoms in total. The number of nitrogens with zero attached hydrogens (tertiary/aromatic N) is 3. The van der Waals surface area contributed by atoms with Crippen LogP contribution in [0.25, 0.3) is 10.9 Å².